The summed E-state index contributed by atoms with van der Waals surface area (Å²) in [5.41, 5.74) is 0. The van der Waals surface area contributed by atoms with Gasteiger partial charge in [-0.1, -0.05) is 325 Å². The van der Waals surface area contributed by atoms with Crippen LogP contribution in [0.25, 0.3) is 0 Å². The number of carbonyl (C=O) groups excluding carboxylic acids is 4. The first-order valence-electron chi connectivity index (χ1n) is 38.4. The maximum atomic E-state index is 13.1. The standard InChI is InChI=1S/C74H144O17P2/c1-8-10-11-12-13-14-15-16-19-22-25-34-41-48-55-71(76)84-61-69(90-73(78)57-50-43-36-26-23-20-17-18-21-24-31-38-45-52-65(3)4)63-88-92(80,81)86-59-68(75)60-87-93(82,83)89-64-70(62-85-72(77)56-49-42-35-29-27-32-39-46-53-66(5)6)91-74(79)58-51-44-37-30-28-33-40-47-54-67(7)9-2/h65-70,75H,8-64H2,1-7H3,(H,80,81)(H,82,83)/t67?,68-,69-,70-/m1/s1. The molecule has 0 amide bonds. The number of ether oxygens (including phenoxy) is 4. The number of phosphoric ester groups is 2. The van der Waals surface area contributed by atoms with E-state index in [-0.39, 0.29) is 25.7 Å². The molecule has 0 aromatic rings. The number of aliphatic hydroxyl groups is 1. The van der Waals surface area contributed by atoms with Gasteiger partial charge in [0.15, 0.2) is 12.2 Å². The average Bonchev–Trinajstić information content (AvgIpc) is 3.38. The van der Waals surface area contributed by atoms with Gasteiger partial charge in [-0.3, -0.25) is 37.3 Å². The molecule has 0 bridgehead atoms. The Bertz CT molecular complexity index is 1820. The van der Waals surface area contributed by atoms with Crippen LogP contribution in [0.1, 0.15) is 376 Å². The van der Waals surface area contributed by atoms with E-state index in [0.29, 0.717) is 25.7 Å². The van der Waals surface area contributed by atoms with E-state index in [0.717, 1.165) is 108 Å². The van der Waals surface area contributed by atoms with Gasteiger partial charge in [0, 0.05) is 25.7 Å². The van der Waals surface area contributed by atoms with Crippen LogP contribution in [0.2, 0.25) is 0 Å². The summed E-state index contributed by atoms with van der Waals surface area (Å²) in [5, 5.41) is 10.6. The Labute approximate surface area is 568 Å². The van der Waals surface area contributed by atoms with Crippen LogP contribution in [0.3, 0.4) is 0 Å². The fraction of sp³-hybridized carbons (Fsp3) is 0.946. The minimum atomic E-state index is -4.96. The van der Waals surface area contributed by atoms with Gasteiger partial charge in [-0.15, -0.1) is 0 Å². The monoisotopic (exact) mass is 1370 g/mol. The lowest BCUT2D eigenvalue weighted by Gasteiger charge is -2.21. The second kappa shape index (κ2) is 64.7. The van der Waals surface area contributed by atoms with Gasteiger partial charge in [0.2, 0.25) is 0 Å². The molecule has 6 atom stereocenters. The van der Waals surface area contributed by atoms with Crippen molar-refractivity contribution in [1.82, 2.24) is 0 Å². The molecule has 0 aliphatic heterocycles. The van der Waals surface area contributed by atoms with Gasteiger partial charge in [-0.25, -0.2) is 9.13 Å². The number of aliphatic hydroxyl groups excluding tert-OH is 1. The number of rotatable bonds is 72. The summed E-state index contributed by atoms with van der Waals surface area (Å²) in [6, 6.07) is 0. The second-order valence-electron chi connectivity index (χ2n) is 27.9. The molecule has 3 N–H and O–H groups in total. The van der Waals surface area contributed by atoms with Crippen molar-refractivity contribution < 1.29 is 80.2 Å². The van der Waals surface area contributed by atoms with Crippen molar-refractivity contribution in [1.29, 1.82) is 0 Å². The van der Waals surface area contributed by atoms with Crippen molar-refractivity contribution in [3.05, 3.63) is 0 Å². The Morgan fingerprint density at radius 2 is 0.548 bits per heavy atom. The summed E-state index contributed by atoms with van der Waals surface area (Å²) in [4.78, 5) is 72.7. The fourth-order valence-corrected chi connectivity index (χ4v) is 12.8. The van der Waals surface area contributed by atoms with Crippen molar-refractivity contribution in [2.45, 2.75) is 394 Å². The van der Waals surface area contributed by atoms with Crippen LogP contribution in [0.15, 0.2) is 0 Å². The van der Waals surface area contributed by atoms with E-state index in [1.807, 2.05) is 0 Å². The quantitative estimate of drug-likeness (QED) is 0.0222. The first-order chi connectivity index (χ1) is 44.8. The minimum Gasteiger partial charge on any atom is -0.462 e. The molecule has 0 fully saturated rings. The highest BCUT2D eigenvalue weighted by Crippen LogP contribution is 2.45. The molecule has 19 heteroatoms. The summed E-state index contributed by atoms with van der Waals surface area (Å²) >= 11 is 0. The molecule has 93 heavy (non-hydrogen) atoms. The number of hydrogen-bond acceptors (Lipinski definition) is 15. The van der Waals surface area contributed by atoms with Crippen LogP contribution < -0.4 is 0 Å². The van der Waals surface area contributed by atoms with E-state index < -0.39 is 97.5 Å². The van der Waals surface area contributed by atoms with E-state index >= 15 is 0 Å². The predicted octanol–water partition coefficient (Wildman–Crippen LogP) is 21.4. The van der Waals surface area contributed by atoms with Crippen molar-refractivity contribution in [2.24, 2.45) is 17.8 Å². The summed E-state index contributed by atoms with van der Waals surface area (Å²) < 4.78 is 68.5. The molecular formula is C74H144O17P2. The van der Waals surface area contributed by atoms with Crippen molar-refractivity contribution in [3.63, 3.8) is 0 Å². The van der Waals surface area contributed by atoms with Gasteiger partial charge in [-0.05, 0) is 43.4 Å². The topological polar surface area (TPSA) is 237 Å². The summed E-state index contributed by atoms with van der Waals surface area (Å²) in [5.74, 6) is 0.161. The minimum absolute atomic E-state index is 0.104. The molecule has 0 rings (SSSR count). The van der Waals surface area contributed by atoms with Gasteiger partial charge in [0.05, 0.1) is 26.4 Å². The molecule has 0 radical (unpaired) electrons. The average molecular weight is 1370 g/mol. The van der Waals surface area contributed by atoms with Crippen molar-refractivity contribution >= 4 is 39.5 Å². The molecule has 0 spiro atoms. The normalized spacial score (nSPS) is 14.4. The third kappa shape index (κ3) is 67.0. The van der Waals surface area contributed by atoms with Crippen LogP contribution in [0.5, 0.6) is 0 Å². The van der Waals surface area contributed by atoms with Crippen LogP contribution in [-0.4, -0.2) is 96.7 Å². The predicted molar refractivity (Wildman–Crippen MR) is 377 cm³/mol. The molecular weight excluding hydrogens is 1220 g/mol. The smallest absolute Gasteiger partial charge is 0.462 e. The largest absolute Gasteiger partial charge is 0.472 e. The Morgan fingerprint density at radius 1 is 0.312 bits per heavy atom. The number of unbranched alkanes of at least 4 members (excludes halogenated alkanes) is 39. The Morgan fingerprint density at radius 3 is 0.817 bits per heavy atom. The Kier molecular flexibility index (Phi) is 63.4. The molecule has 0 aromatic heterocycles. The highest BCUT2D eigenvalue weighted by Gasteiger charge is 2.30. The van der Waals surface area contributed by atoms with E-state index in [1.54, 1.807) is 0 Å². The zero-order valence-corrected chi connectivity index (χ0v) is 62.5. The van der Waals surface area contributed by atoms with Crippen LogP contribution >= 0.6 is 15.6 Å². The lowest BCUT2D eigenvalue weighted by Crippen LogP contribution is -2.30. The molecule has 0 saturated carbocycles. The zero-order chi connectivity index (χ0) is 68.7. The van der Waals surface area contributed by atoms with Gasteiger partial charge in [0.1, 0.15) is 19.3 Å². The van der Waals surface area contributed by atoms with E-state index in [2.05, 4.69) is 48.5 Å². The maximum absolute atomic E-state index is 13.1. The number of hydrogen-bond donors (Lipinski definition) is 3. The van der Waals surface area contributed by atoms with Crippen LogP contribution in [0.4, 0.5) is 0 Å². The molecule has 0 aliphatic carbocycles. The Hall–Kier alpha value is -1.94. The molecule has 3 unspecified atom stereocenters. The van der Waals surface area contributed by atoms with Crippen molar-refractivity contribution in [3.8, 4) is 0 Å². The summed E-state index contributed by atoms with van der Waals surface area (Å²) in [6.07, 6.45) is 49.8. The zero-order valence-electron chi connectivity index (χ0n) is 60.7. The van der Waals surface area contributed by atoms with E-state index in [4.69, 9.17) is 37.0 Å². The van der Waals surface area contributed by atoms with Gasteiger partial charge >= 0.3 is 39.5 Å². The highest BCUT2D eigenvalue weighted by molar-refractivity contribution is 7.47. The SMILES string of the molecule is CCCCCCCCCCCCCCCCC(=O)OC[C@H](COP(=O)(O)OC[C@@H](O)COP(=O)(O)OC[C@@H](COC(=O)CCCCCCCCCCC(C)C)OC(=O)CCCCCCCCCCC(C)CC)OC(=O)CCCCCCCCCCCCCCCC(C)C. The maximum Gasteiger partial charge on any atom is 0.472 e. The summed E-state index contributed by atoms with van der Waals surface area (Å²) in [7, 11) is -9.91. The molecule has 17 nitrogen and oxygen atoms in total. The molecule has 0 saturated heterocycles. The Balaban J connectivity index is 5.26. The second-order valence-corrected chi connectivity index (χ2v) is 30.8. The van der Waals surface area contributed by atoms with Crippen LogP contribution in [0, 0.1) is 17.8 Å². The third-order valence-electron chi connectivity index (χ3n) is 17.5. The van der Waals surface area contributed by atoms with Crippen LogP contribution in [-0.2, 0) is 65.4 Å². The van der Waals surface area contributed by atoms with E-state index in [9.17, 15) is 43.2 Å². The molecule has 552 valence electrons. The van der Waals surface area contributed by atoms with Gasteiger partial charge < -0.3 is 33.8 Å². The number of esters is 4. The highest BCUT2D eigenvalue weighted by atomic mass is 31.2. The third-order valence-corrected chi connectivity index (χ3v) is 19.4. The number of phosphoric acid groups is 2. The first-order valence-corrected chi connectivity index (χ1v) is 41.4. The molecule has 0 aromatic carbocycles. The first kappa shape index (κ1) is 91.1. The molecule has 0 heterocycles. The van der Waals surface area contributed by atoms with E-state index in [1.165, 1.54) is 186 Å². The number of carbonyl (C=O) groups is 4. The molecule has 0 aliphatic rings. The fourth-order valence-electron chi connectivity index (χ4n) is 11.2. The lowest BCUT2D eigenvalue weighted by molar-refractivity contribution is -0.161. The summed E-state index contributed by atoms with van der Waals surface area (Å²) in [6.45, 7) is 11.9. The lowest BCUT2D eigenvalue weighted by atomic mass is 9.99. The van der Waals surface area contributed by atoms with Crippen molar-refractivity contribution in [2.75, 3.05) is 39.6 Å². The van der Waals surface area contributed by atoms with Gasteiger partial charge in [0.25, 0.3) is 0 Å². The van der Waals surface area contributed by atoms with Gasteiger partial charge in [-0.2, -0.15) is 0 Å².